The van der Waals surface area contributed by atoms with Crippen molar-refractivity contribution in [3.8, 4) is 0 Å². The third-order valence-corrected chi connectivity index (χ3v) is 6.41. The quantitative estimate of drug-likeness (QED) is 0.539. The van der Waals surface area contributed by atoms with Crippen LogP contribution in [-0.2, 0) is 0 Å². The Labute approximate surface area is 184 Å². The van der Waals surface area contributed by atoms with E-state index in [2.05, 4.69) is 16.9 Å². The molecule has 0 bridgehead atoms. The van der Waals surface area contributed by atoms with E-state index in [0.717, 1.165) is 31.5 Å². The summed E-state index contributed by atoms with van der Waals surface area (Å²) in [4.78, 5) is 13.6. The number of halogens is 3. The number of aromatic carboxylic acids is 1. The monoisotopic (exact) mass is 449 g/mol. The molecule has 1 unspecified atom stereocenters. The first kappa shape index (κ1) is 21.1. The Balaban J connectivity index is 1.55. The third-order valence-electron chi connectivity index (χ3n) is 5.97. The average Bonchev–Trinajstić information content (AvgIpc) is 3.01. The summed E-state index contributed by atoms with van der Waals surface area (Å²) in [7, 11) is 0. The van der Waals surface area contributed by atoms with Gasteiger partial charge in [0, 0.05) is 40.6 Å². The van der Waals surface area contributed by atoms with E-state index in [1.54, 1.807) is 6.07 Å². The van der Waals surface area contributed by atoms with E-state index in [-0.39, 0.29) is 17.6 Å². The van der Waals surface area contributed by atoms with Crippen LogP contribution in [0.25, 0.3) is 10.9 Å². The van der Waals surface area contributed by atoms with Gasteiger partial charge in [0.05, 0.1) is 22.8 Å². The summed E-state index contributed by atoms with van der Waals surface area (Å²) in [5.74, 6) is -2.01. The average molecular weight is 450 g/mol. The first-order chi connectivity index (χ1) is 14.2. The zero-order chi connectivity index (χ0) is 21.6. The predicted octanol–water partition coefficient (Wildman–Crippen LogP) is 5.89. The van der Waals surface area contributed by atoms with Gasteiger partial charge in [-0.1, -0.05) is 23.2 Å². The number of carboxylic acids is 1. The second-order valence-electron chi connectivity index (χ2n) is 7.83. The zero-order valence-corrected chi connectivity index (χ0v) is 18.2. The van der Waals surface area contributed by atoms with Crippen LogP contribution in [-0.4, -0.2) is 38.8 Å². The number of aryl methyl sites for hydroxylation is 1. The van der Waals surface area contributed by atoms with Crippen molar-refractivity contribution in [2.75, 3.05) is 13.1 Å². The van der Waals surface area contributed by atoms with Crippen LogP contribution in [0, 0.1) is 12.7 Å². The first-order valence-corrected chi connectivity index (χ1v) is 10.6. The van der Waals surface area contributed by atoms with Crippen molar-refractivity contribution in [2.45, 2.75) is 38.8 Å². The molecule has 3 aromatic rings. The van der Waals surface area contributed by atoms with Gasteiger partial charge in [-0.15, -0.1) is 0 Å². The summed E-state index contributed by atoms with van der Waals surface area (Å²) in [5.41, 5.74) is 2.10. The second-order valence-corrected chi connectivity index (χ2v) is 8.70. The Kier molecular flexibility index (Phi) is 5.75. The number of hydrogen-bond donors (Lipinski definition) is 1. The molecule has 1 aromatic heterocycles. The Bertz CT molecular complexity index is 1100. The van der Waals surface area contributed by atoms with Crippen molar-refractivity contribution in [3.05, 3.63) is 63.0 Å². The van der Waals surface area contributed by atoms with E-state index in [4.69, 9.17) is 23.2 Å². The number of aromatic nitrogens is 2. The molecule has 5 nitrogen and oxygen atoms in total. The number of benzene rings is 2. The minimum atomic E-state index is -1.27. The molecule has 1 fully saturated rings. The number of carboxylic acid groups (broad SMARTS) is 1. The maximum absolute atomic E-state index is 14.3. The molecule has 0 aliphatic carbocycles. The van der Waals surface area contributed by atoms with Gasteiger partial charge < -0.3 is 5.11 Å². The summed E-state index contributed by atoms with van der Waals surface area (Å²) in [5, 5.41) is 15.7. The molecule has 2 aromatic carbocycles. The number of likely N-dealkylation sites (tertiary alicyclic amines) is 1. The molecule has 4 rings (SSSR count). The van der Waals surface area contributed by atoms with E-state index < -0.39 is 11.8 Å². The molecule has 1 aliphatic rings. The largest absolute Gasteiger partial charge is 0.478 e. The van der Waals surface area contributed by atoms with Gasteiger partial charge in [-0.2, -0.15) is 5.10 Å². The Morgan fingerprint density at radius 1 is 1.17 bits per heavy atom. The van der Waals surface area contributed by atoms with Gasteiger partial charge in [0.25, 0.3) is 0 Å². The normalized spacial score (nSPS) is 16.8. The highest BCUT2D eigenvalue weighted by Gasteiger charge is 2.27. The summed E-state index contributed by atoms with van der Waals surface area (Å²) < 4.78 is 16.2. The fraction of sp³-hybridized carbons (Fsp3) is 0.364. The van der Waals surface area contributed by atoms with Gasteiger partial charge in [-0.3, -0.25) is 9.58 Å². The van der Waals surface area contributed by atoms with Gasteiger partial charge in [0.2, 0.25) is 0 Å². The smallest absolute Gasteiger partial charge is 0.338 e. The topological polar surface area (TPSA) is 58.4 Å². The van der Waals surface area contributed by atoms with E-state index in [1.807, 2.05) is 23.7 Å². The molecule has 8 heteroatoms. The fourth-order valence-electron chi connectivity index (χ4n) is 4.30. The van der Waals surface area contributed by atoms with Crippen LogP contribution < -0.4 is 0 Å². The maximum Gasteiger partial charge on any atom is 0.338 e. The summed E-state index contributed by atoms with van der Waals surface area (Å²) in [6, 6.07) is 8.59. The van der Waals surface area contributed by atoms with E-state index in [0.29, 0.717) is 26.6 Å². The number of fused-ring (bicyclic) bond motifs is 1. The van der Waals surface area contributed by atoms with Crippen LogP contribution in [0.2, 0.25) is 10.0 Å². The van der Waals surface area contributed by atoms with Gasteiger partial charge >= 0.3 is 5.97 Å². The highest BCUT2D eigenvalue weighted by Crippen LogP contribution is 2.33. The van der Waals surface area contributed by atoms with Crippen LogP contribution in [0.4, 0.5) is 4.39 Å². The molecule has 1 saturated heterocycles. The molecule has 0 amide bonds. The lowest BCUT2D eigenvalue weighted by atomic mass is 10.00. The van der Waals surface area contributed by atoms with E-state index >= 15 is 0 Å². The molecular formula is C22H22Cl2FN3O2. The highest BCUT2D eigenvalue weighted by atomic mass is 35.5. The molecule has 158 valence electrons. The molecule has 1 N–H and O–H groups in total. The van der Waals surface area contributed by atoms with Crippen molar-refractivity contribution in [3.63, 3.8) is 0 Å². The molecule has 0 spiro atoms. The minimum absolute atomic E-state index is 0.127. The Hall–Kier alpha value is -2.15. The number of nitrogens with zero attached hydrogens (tertiary/aromatic N) is 3. The Morgan fingerprint density at radius 2 is 1.80 bits per heavy atom. The third kappa shape index (κ3) is 3.92. The van der Waals surface area contributed by atoms with Crippen LogP contribution >= 0.6 is 23.2 Å². The maximum atomic E-state index is 14.3. The molecular weight excluding hydrogens is 428 g/mol. The SMILES string of the molecule is Cc1nn(C2CCN(C(C)c3cc(Cl)cc(Cl)c3)CC2)c2cc(F)c(C(=O)O)cc12. The van der Waals surface area contributed by atoms with Crippen LogP contribution in [0.1, 0.15) is 53.5 Å². The van der Waals surface area contributed by atoms with Crippen molar-refractivity contribution in [1.82, 2.24) is 14.7 Å². The Morgan fingerprint density at radius 3 is 2.40 bits per heavy atom. The highest BCUT2D eigenvalue weighted by molar-refractivity contribution is 6.34. The zero-order valence-electron chi connectivity index (χ0n) is 16.7. The number of carbonyl (C=O) groups is 1. The second kappa shape index (κ2) is 8.17. The lowest BCUT2D eigenvalue weighted by Gasteiger charge is -2.36. The van der Waals surface area contributed by atoms with E-state index in [9.17, 15) is 14.3 Å². The molecule has 1 atom stereocenters. The molecule has 1 aliphatic heterocycles. The van der Waals surface area contributed by atoms with Crippen molar-refractivity contribution in [1.29, 1.82) is 0 Å². The van der Waals surface area contributed by atoms with Crippen LogP contribution in [0.15, 0.2) is 30.3 Å². The predicted molar refractivity (Wildman–Crippen MR) is 116 cm³/mol. The summed E-state index contributed by atoms with van der Waals surface area (Å²) >= 11 is 12.3. The van der Waals surface area contributed by atoms with Gasteiger partial charge in [-0.05, 0) is 56.5 Å². The first-order valence-electron chi connectivity index (χ1n) is 9.86. The van der Waals surface area contributed by atoms with Gasteiger partial charge in [0.15, 0.2) is 0 Å². The van der Waals surface area contributed by atoms with Crippen molar-refractivity contribution >= 4 is 40.1 Å². The van der Waals surface area contributed by atoms with Crippen molar-refractivity contribution < 1.29 is 14.3 Å². The van der Waals surface area contributed by atoms with Gasteiger partial charge in [-0.25, -0.2) is 9.18 Å². The van der Waals surface area contributed by atoms with E-state index in [1.165, 1.54) is 12.1 Å². The lowest BCUT2D eigenvalue weighted by Crippen LogP contribution is -2.36. The number of piperidine rings is 1. The van der Waals surface area contributed by atoms with Crippen molar-refractivity contribution in [2.24, 2.45) is 0 Å². The fourth-order valence-corrected chi connectivity index (χ4v) is 4.84. The van der Waals surface area contributed by atoms with Gasteiger partial charge in [0.1, 0.15) is 5.82 Å². The molecule has 0 saturated carbocycles. The summed E-state index contributed by atoms with van der Waals surface area (Å²) in [6.45, 7) is 5.67. The standard InChI is InChI=1S/C22H22Cl2FN3O2/c1-12-18-10-19(22(29)30)20(25)11-21(18)28(26-12)17-3-5-27(6-4-17)13(2)14-7-15(23)9-16(24)8-14/h7-11,13,17H,3-6H2,1-2H3,(H,29,30). The lowest BCUT2D eigenvalue weighted by molar-refractivity contribution is 0.0692. The molecule has 2 heterocycles. The molecule has 0 radical (unpaired) electrons. The van der Waals surface area contributed by atoms with Crippen LogP contribution in [0.3, 0.4) is 0 Å². The minimum Gasteiger partial charge on any atom is -0.478 e. The molecule has 30 heavy (non-hydrogen) atoms. The summed E-state index contributed by atoms with van der Waals surface area (Å²) in [6.07, 6.45) is 1.72. The number of rotatable bonds is 4. The van der Waals surface area contributed by atoms with Crippen LogP contribution in [0.5, 0.6) is 0 Å². The number of hydrogen-bond acceptors (Lipinski definition) is 3.